The van der Waals surface area contributed by atoms with E-state index in [2.05, 4.69) is 22.9 Å². The second-order valence-electron chi connectivity index (χ2n) is 4.66. The first-order chi connectivity index (χ1) is 8.18. The van der Waals surface area contributed by atoms with Crippen LogP contribution in [-0.2, 0) is 0 Å². The second-order valence-corrected chi connectivity index (χ2v) is 5.10. The highest BCUT2D eigenvalue weighted by molar-refractivity contribution is 7.80. The third-order valence-electron chi connectivity index (χ3n) is 3.38. The molecule has 17 heavy (non-hydrogen) atoms. The Bertz CT molecular complexity index is 388. The van der Waals surface area contributed by atoms with Crippen molar-refractivity contribution in [2.75, 3.05) is 11.4 Å². The number of rotatable bonds is 2. The first kappa shape index (κ1) is 12.3. The second kappa shape index (κ2) is 5.45. The Balaban J connectivity index is 2.17. The zero-order valence-corrected chi connectivity index (χ0v) is 11.0. The average Bonchev–Trinajstić information content (AvgIpc) is 2.54. The molecule has 1 saturated heterocycles. The quantitative estimate of drug-likeness (QED) is 0.818. The Morgan fingerprint density at radius 3 is 2.88 bits per heavy atom. The topological polar surface area (TPSA) is 42.1 Å². The summed E-state index contributed by atoms with van der Waals surface area (Å²) in [6.45, 7) is 3.40. The van der Waals surface area contributed by atoms with Crippen molar-refractivity contribution in [3.05, 3.63) is 24.0 Å². The highest BCUT2D eigenvalue weighted by Crippen LogP contribution is 2.23. The number of aromatic nitrogens is 1. The molecule has 0 amide bonds. The first-order valence-corrected chi connectivity index (χ1v) is 6.62. The molecule has 4 heteroatoms. The molecule has 0 aromatic carbocycles. The van der Waals surface area contributed by atoms with Gasteiger partial charge >= 0.3 is 0 Å². The van der Waals surface area contributed by atoms with Crippen LogP contribution in [0.2, 0.25) is 0 Å². The van der Waals surface area contributed by atoms with Crippen LogP contribution in [0.4, 0.5) is 5.69 Å². The third-order valence-corrected chi connectivity index (χ3v) is 3.59. The van der Waals surface area contributed by atoms with Gasteiger partial charge in [0, 0.05) is 12.6 Å². The van der Waals surface area contributed by atoms with Crippen molar-refractivity contribution in [1.29, 1.82) is 0 Å². The van der Waals surface area contributed by atoms with Crippen molar-refractivity contribution in [2.45, 2.75) is 38.6 Å². The fourth-order valence-electron chi connectivity index (χ4n) is 2.36. The molecule has 3 nitrogen and oxygen atoms in total. The van der Waals surface area contributed by atoms with Crippen LogP contribution < -0.4 is 10.6 Å². The van der Waals surface area contributed by atoms with Gasteiger partial charge in [-0.15, -0.1) is 0 Å². The molecule has 2 heterocycles. The predicted octanol–water partition coefficient (Wildman–Crippen LogP) is 2.48. The van der Waals surface area contributed by atoms with E-state index in [4.69, 9.17) is 18.0 Å². The minimum absolute atomic E-state index is 0.362. The molecule has 1 aliphatic rings. The molecule has 0 aliphatic carbocycles. The minimum Gasteiger partial charge on any atom is -0.388 e. The van der Waals surface area contributed by atoms with E-state index in [1.807, 2.05) is 12.3 Å². The molecule has 2 N–H and O–H groups in total. The van der Waals surface area contributed by atoms with Gasteiger partial charge in [0.05, 0.1) is 17.6 Å². The maximum absolute atomic E-state index is 5.55. The minimum atomic E-state index is 0.362. The van der Waals surface area contributed by atoms with E-state index >= 15 is 0 Å². The molecule has 1 aromatic heterocycles. The van der Waals surface area contributed by atoms with Crippen molar-refractivity contribution in [2.24, 2.45) is 5.73 Å². The lowest BCUT2D eigenvalue weighted by atomic mass is 10.1. The summed E-state index contributed by atoms with van der Waals surface area (Å²) in [6.07, 6.45) is 7.07. The van der Waals surface area contributed by atoms with E-state index in [1.165, 1.54) is 31.4 Å². The Morgan fingerprint density at radius 1 is 1.41 bits per heavy atom. The van der Waals surface area contributed by atoms with Gasteiger partial charge in [-0.3, -0.25) is 4.98 Å². The van der Waals surface area contributed by atoms with Crippen molar-refractivity contribution >= 4 is 22.9 Å². The van der Waals surface area contributed by atoms with Crippen LogP contribution in [0.1, 0.15) is 38.3 Å². The van der Waals surface area contributed by atoms with Crippen LogP contribution in [0.5, 0.6) is 0 Å². The number of hydrogen-bond acceptors (Lipinski definition) is 3. The molecule has 0 radical (unpaired) electrons. The Labute approximate surface area is 108 Å². The number of pyridine rings is 1. The Morgan fingerprint density at radius 2 is 2.24 bits per heavy atom. The van der Waals surface area contributed by atoms with Gasteiger partial charge in [-0.2, -0.15) is 0 Å². The van der Waals surface area contributed by atoms with E-state index in [1.54, 1.807) is 0 Å². The summed E-state index contributed by atoms with van der Waals surface area (Å²) < 4.78 is 0. The monoisotopic (exact) mass is 249 g/mol. The largest absolute Gasteiger partial charge is 0.388 e. The van der Waals surface area contributed by atoms with Crippen LogP contribution in [0.25, 0.3) is 0 Å². The fraction of sp³-hybridized carbons (Fsp3) is 0.538. The summed E-state index contributed by atoms with van der Waals surface area (Å²) in [5.41, 5.74) is 7.43. The maximum atomic E-state index is 5.55. The Hall–Kier alpha value is -1.16. The predicted molar refractivity (Wildman–Crippen MR) is 75.4 cm³/mol. The van der Waals surface area contributed by atoms with E-state index < -0.39 is 0 Å². The van der Waals surface area contributed by atoms with E-state index in [9.17, 15) is 0 Å². The van der Waals surface area contributed by atoms with Crippen molar-refractivity contribution in [3.8, 4) is 0 Å². The lowest BCUT2D eigenvalue weighted by Gasteiger charge is -2.29. The van der Waals surface area contributed by atoms with Crippen LogP contribution in [0.3, 0.4) is 0 Å². The summed E-state index contributed by atoms with van der Waals surface area (Å²) in [4.78, 5) is 7.11. The van der Waals surface area contributed by atoms with E-state index in [0.717, 1.165) is 6.54 Å². The molecule has 92 valence electrons. The van der Waals surface area contributed by atoms with Gasteiger partial charge in [-0.1, -0.05) is 25.1 Å². The molecule has 1 fully saturated rings. The van der Waals surface area contributed by atoms with Crippen molar-refractivity contribution in [1.82, 2.24) is 4.98 Å². The fourth-order valence-corrected chi connectivity index (χ4v) is 2.48. The van der Waals surface area contributed by atoms with Crippen LogP contribution >= 0.6 is 12.2 Å². The summed E-state index contributed by atoms with van der Waals surface area (Å²) in [7, 11) is 0. The van der Waals surface area contributed by atoms with Crippen LogP contribution in [0, 0.1) is 0 Å². The first-order valence-electron chi connectivity index (χ1n) is 6.21. The van der Waals surface area contributed by atoms with Gasteiger partial charge in [0.25, 0.3) is 0 Å². The third kappa shape index (κ3) is 2.94. The van der Waals surface area contributed by atoms with Gasteiger partial charge < -0.3 is 10.6 Å². The molecule has 1 aromatic rings. The van der Waals surface area contributed by atoms with Gasteiger partial charge in [0.1, 0.15) is 4.99 Å². The van der Waals surface area contributed by atoms with Crippen LogP contribution in [-0.4, -0.2) is 22.6 Å². The van der Waals surface area contributed by atoms with Gasteiger partial charge in [0.2, 0.25) is 0 Å². The zero-order chi connectivity index (χ0) is 12.3. The number of thiocarbonyl (C=S) groups is 1. The van der Waals surface area contributed by atoms with Gasteiger partial charge in [-0.05, 0) is 31.9 Å². The van der Waals surface area contributed by atoms with Gasteiger partial charge in [-0.25, -0.2) is 0 Å². The summed E-state index contributed by atoms with van der Waals surface area (Å²) >= 11 is 4.91. The molecule has 1 aliphatic heterocycles. The normalized spacial score (nSPS) is 21.0. The van der Waals surface area contributed by atoms with Gasteiger partial charge in [0.15, 0.2) is 0 Å². The molecule has 0 saturated carbocycles. The highest BCUT2D eigenvalue weighted by Gasteiger charge is 2.17. The molecular formula is C13H19N3S. The zero-order valence-electron chi connectivity index (χ0n) is 10.2. The molecular weight excluding hydrogens is 230 g/mol. The standard InChI is InChI=1S/C13H19N3S/c1-10-5-3-2-4-8-16(10)11-6-7-12(13(14)17)15-9-11/h6-7,9-10H,2-5,8H2,1H3,(H2,14,17). The maximum Gasteiger partial charge on any atom is 0.122 e. The number of nitrogens with zero attached hydrogens (tertiary/aromatic N) is 2. The molecule has 0 spiro atoms. The smallest absolute Gasteiger partial charge is 0.122 e. The summed E-state index contributed by atoms with van der Waals surface area (Å²) in [5.74, 6) is 0. The molecule has 1 atom stereocenters. The van der Waals surface area contributed by atoms with E-state index in [0.29, 0.717) is 16.7 Å². The molecule has 1 unspecified atom stereocenters. The number of nitrogens with two attached hydrogens (primary N) is 1. The Kier molecular flexibility index (Phi) is 3.94. The highest BCUT2D eigenvalue weighted by atomic mass is 32.1. The van der Waals surface area contributed by atoms with Crippen molar-refractivity contribution < 1.29 is 0 Å². The molecule has 2 rings (SSSR count). The summed E-state index contributed by atoms with van der Waals surface area (Å²) in [5, 5.41) is 0. The van der Waals surface area contributed by atoms with E-state index in [-0.39, 0.29) is 0 Å². The SMILES string of the molecule is CC1CCCCCN1c1ccc(C(N)=S)nc1. The number of hydrogen-bond donors (Lipinski definition) is 1. The lowest BCUT2D eigenvalue weighted by molar-refractivity contribution is 0.615. The molecule has 0 bridgehead atoms. The van der Waals surface area contributed by atoms with Crippen LogP contribution in [0.15, 0.2) is 18.3 Å². The lowest BCUT2D eigenvalue weighted by Crippen LogP contribution is -2.32. The number of anilines is 1. The van der Waals surface area contributed by atoms with Crippen molar-refractivity contribution in [3.63, 3.8) is 0 Å². The summed E-state index contributed by atoms with van der Waals surface area (Å²) in [6, 6.07) is 4.58. The average molecular weight is 249 g/mol.